The predicted molar refractivity (Wildman–Crippen MR) is 59.5 cm³/mol. The van der Waals surface area contributed by atoms with Crippen LogP contribution in [-0.4, -0.2) is 18.0 Å². The van der Waals surface area contributed by atoms with E-state index in [1.54, 1.807) is 6.08 Å². The van der Waals surface area contributed by atoms with E-state index in [-0.39, 0.29) is 12.1 Å². The molecule has 0 bridgehead atoms. The summed E-state index contributed by atoms with van der Waals surface area (Å²) >= 11 is 5.55. The van der Waals surface area contributed by atoms with Crippen molar-refractivity contribution in [1.29, 1.82) is 0 Å². The summed E-state index contributed by atoms with van der Waals surface area (Å²) in [6.07, 6.45) is 3.01. The molecule has 0 aliphatic rings. The minimum Gasteiger partial charge on any atom is -0.458 e. The smallest absolute Gasteiger partial charge is 0.311 e. The third-order valence-corrected chi connectivity index (χ3v) is 2.02. The van der Waals surface area contributed by atoms with Crippen LogP contribution in [0.1, 0.15) is 33.6 Å². The molecule has 0 N–H and O–H groups in total. The zero-order valence-corrected chi connectivity index (χ0v) is 9.93. The minimum atomic E-state index is -0.456. The predicted octanol–water partition coefficient (Wildman–Crippen LogP) is 3.15. The van der Waals surface area contributed by atoms with Crippen molar-refractivity contribution in [1.82, 2.24) is 0 Å². The average molecular weight is 219 g/mol. The first-order chi connectivity index (χ1) is 6.41. The Balaban J connectivity index is 4.05. The maximum Gasteiger partial charge on any atom is 0.311 e. The number of ether oxygens (including phenoxy) is 1. The van der Waals surface area contributed by atoms with Gasteiger partial charge in [0.25, 0.3) is 0 Å². The van der Waals surface area contributed by atoms with Crippen LogP contribution in [0.25, 0.3) is 0 Å². The van der Waals surface area contributed by atoms with Gasteiger partial charge in [0.05, 0.1) is 5.41 Å². The third-order valence-electron chi connectivity index (χ3n) is 1.76. The zero-order valence-electron chi connectivity index (χ0n) is 9.18. The summed E-state index contributed by atoms with van der Waals surface area (Å²) in [5, 5.41) is 0. The molecule has 1 atom stereocenters. The lowest BCUT2D eigenvalue weighted by molar-refractivity contribution is -0.156. The van der Waals surface area contributed by atoms with Gasteiger partial charge >= 0.3 is 5.97 Å². The monoisotopic (exact) mass is 218 g/mol. The second-order valence-corrected chi connectivity index (χ2v) is 4.64. The molecule has 0 saturated carbocycles. The highest BCUT2D eigenvalue weighted by atomic mass is 35.5. The third kappa shape index (κ3) is 5.28. The van der Waals surface area contributed by atoms with Crippen LogP contribution >= 0.6 is 11.6 Å². The van der Waals surface area contributed by atoms with Crippen molar-refractivity contribution < 1.29 is 9.53 Å². The van der Waals surface area contributed by atoms with Crippen LogP contribution in [0.2, 0.25) is 0 Å². The number of hydrogen-bond acceptors (Lipinski definition) is 2. The molecule has 0 rings (SSSR count). The Labute approximate surface area is 91.3 Å². The second-order valence-electron chi connectivity index (χ2n) is 4.26. The molecule has 0 aromatic heterocycles. The Bertz CT molecular complexity index is 194. The van der Waals surface area contributed by atoms with Gasteiger partial charge in [-0.05, 0) is 33.6 Å². The fourth-order valence-corrected chi connectivity index (χ4v) is 0.972. The molecular formula is C11H19ClO2. The van der Waals surface area contributed by atoms with Crippen LogP contribution in [0.4, 0.5) is 0 Å². The van der Waals surface area contributed by atoms with E-state index >= 15 is 0 Å². The standard InChI is InChI=1S/C11H19ClO2/c1-5-9(7-6-8-12)14-10(13)11(2,3)4/h5,9H,1,6-8H2,2-4H3. The molecule has 1 unspecified atom stereocenters. The van der Waals surface area contributed by atoms with Gasteiger partial charge in [0, 0.05) is 5.88 Å². The quantitative estimate of drug-likeness (QED) is 0.403. The maximum atomic E-state index is 11.5. The van der Waals surface area contributed by atoms with Crippen molar-refractivity contribution in [3.8, 4) is 0 Å². The molecule has 0 fully saturated rings. The summed E-state index contributed by atoms with van der Waals surface area (Å²) in [5.74, 6) is 0.384. The second kappa shape index (κ2) is 6.07. The van der Waals surface area contributed by atoms with Crippen LogP contribution in [0.5, 0.6) is 0 Å². The van der Waals surface area contributed by atoms with Gasteiger partial charge in [0.1, 0.15) is 6.10 Å². The average Bonchev–Trinajstić information content (AvgIpc) is 2.10. The summed E-state index contributed by atoms with van der Waals surface area (Å²) in [7, 11) is 0. The molecule has 0 saturated heterocycles. The van der Waals surface area contributed by atoms with E-state index in [0.717, 1.165) is 12.8 Å². The molecule has 0 aromatic carbocycles. The molecule has 0 aromatic rings. The van der Waals surface area contributed by atoms with Gasteiger partial charge < -0.3 is 4.74 Å². The van der Waals surface area contributed by atoms with Crippen molar-refractivity contribution >= 4 is 17.6 Å². The summed E-state index contributed by atoms with van der Waals surface area (Å²) < 4.78 is 5.25. The minimum absolute atomic E-state index is 0.197. The van der Waals surface area contributed by atoms with Gasteiger partial charge in [-0.2, -0.15) is 0 Å². The summed E-state index contributed by atoms with van der Waals surface area (Å²) in [6, 6.07) is 0. The first kappa shape index (κ1) is 13.5. The highest BCUT2D eigenvalue weighted by molar-refractivity contribution is 6.17. The number of alkyl halides is 1. The number of carbonyl (C=O) groups excluding carboxylic acids is 1. The van der Waals surface area contributed by atoms with Gasteiger partial charge in [-0.1, -0.05) is 12.7 Å². The summed E-state index contributed by atoms with van der Waals surface area (Å²) in [6.45, 7) is 9.12. The lowest BCUT2D eigenvalue weighted by Gasteiger charge is -2.21. The Morgan fingerprint density at radius 2 is 2.14 bits per heavy atom. The highest BCUT2D eigenvalue weighted by Crippen LogP contribution is 2.18. The van der Waals surface area contributed by atoms with Crippen molar-refractivity contribution in [2.75, 3.05) is 5.88 Å². The molecular weight excluding hydrogens is 200 g/mol. The van der Waals surface area contributed by atoms with E-state index in [2.05, 4.69) is 6.58 Å². The first-order valence-corrected chi connectivity index (χ1v) is 5.35. The lowest BCUT2D eigenvalue weighted by Crippen LogP contribution is -2.27. The van der Waals surface area contributed by atoms with E-state index in [1.165, 1.54) is 0 Å². The normalized spacial score (nSPS) is 13.4. The van der Waals surface area contributed by atoms with Gasteiger partial charge in [0.2, 0.25) is 0 Å². The highest BCUT2D eigenvalue weighted by Gasteiger charge is 2.25. The van der Waals surface area contributed by atoms with E-state index < -0.39 is 5.41 Å². The molecule has 82 valence electrons. The molecule has 0 heterocycles. The molecule has 3 heteroatoms. The molecule has 0 radical (unpaired) electrons. The van der Waals surface area contributed by atoms with Crippen LogP contribution in [0.15, 0.2) is 12.7 Å². The summed E-state index contributed by atoms with van der Waals surface area (Å²) in [5.41, 5.74) is -0.456. The van der Waals surface area contributed by atoms with Crippen LogP contribution in [-0.2, 0) is 9.53 Å². The first-order valence-electron chi connectivity index (χ1n) is 4.81. The maximum absolute atomic E-state index is 11.5. The Morgan fingerprint density at radius 1 is 1.57 bits per heavy atom. The fraction of sp³-hybridized carbons (Fsp3) is 0.727. The molecule has 14 heavy (non-hydrogen) atoms. The zero-order chi connectivity index (χ0) is 11.2. The van der Waals surface area contributed by atoms with Crippen molar-refractivity contribution in [3.05, 3.63) is 12.7 Å². The Hall–Kier alpha value is -0.500. The number of hydrogen-bond donors (Lipinski definition) is 0. The molecule has 2 nitrogen and oxygen atoms in total. The van der Waals surface area contributed by atoms with E-state index in [0.29, 0.717) is 5.88 Å². The van der Waals surface area contributed by atoms with Gasteiger partial charge in [-0.15, -0.1) is 11.6 Å². The Morgan fingerprint density at radius 3 is 2.50 bits per heavy atom. The number of carbonyl (C=O) groups is 1. The molecule has 0 aliphatic carbocycles. The van der Waals surface area contributed by atoms with Gasteiger partial charge in [0.15, 0.2) is 0 Å². The largest absolute Gasteiger partial charge is 0.458 e. The lowest BCUT2D eigenvalue weighted by atomic mass is 9.97. The molecule has 0 aliphatic heterocycles. The van der Waals surface area contributed by atoms with Gasteiger partial charge in [-0.3, -0.25) is 4.79 Å². The fourth-order valence-electron chi connectivity index (χ4n) is 0.817. The van der Waals surface area contributed by atoms with E-state index in [4.69, 9.17) is 16.3 Å². The van der Waals surface area contributed by atoms with Crippen molar-refractivity contribution in [2.24, 2.45) is 5.41 Å². The topological polar surface area (TPSA) is 26.3 Å². The summed E-state index contributed by atoms with van der Waals surface area (Å²) in [4.78, 5) is 11.5. The molecule has 0 amide bonds. The van der Waals surface area contributed by atoms with E-state index in [1.807, 2.05) is 20.8 Å². The van der Waals surface area contributed by atoms with Crippen molar-refractivity contribution in [3.63, 3.8) is 0 Å². The molecule has 0 spiro atoms. The number of esters is 1. The van der Waals surface area contributed by atoms with Crippen LogP contribution in [0.3, 0.4) is 0 Å². The van der Waals surface area contributed by atoms with Crippen LogP contribution < -0.4 is 0 Å². The number of rotatable bonds is 5. The number of halogens is 1. The van der Waals surface area contributed by atoms with E-state index in [9.17, 15) is 4.79 Å². The SMILES string of the molecule is C=CC(CCCCl)OC(=O)C(C)(C)C. The van der Waals surface area contributed by atoms with Crippen LogP contribution in [0, 0.1) is 5.41 Å². The Kier molecular flexibility index (Phi) is 5.86. The van der Waals surface area contributed by atoms with Gasteiger partial charge in [-0.25, -0.2) is 0 Å². The van der Waals surface area contributed by atoms with Crippen molar-refractivity contribution in [2.45, 2.75) is 39.7 Å².